The van der Waals surface area contributed by atoms with Crippen LogP contribution in [-0.4, -0.2) is 37.5 Å². The van der Waals surface area contributed by atoms with Gasteiger partial charge >= 0.3 is 0 Å². The van der Waals surface area contributed by atoms with Gasteiger partial charge in [-0.25, -0.2) is 0 Å². The Hall–Kier alpha value is -1.01. The highest BCUT2D eigenvalue weighted by Crippen LogP contribution is 2.22. The van der Waals surface area contributed by atoms with E-state index in [4.69, 9.17) is 6.42 Å². The molecule has 3 nitrogen and oxygen atoms in total. The fraction of sp³-hybridized carbons (Fsp3) is 0.769. The van der Waals surface area contributed by atoms with Gasteiger partial charge in [0, 0.05) is 13.5 Å². The molecule has 2 atom stereocenters. The van der Waals surface area contributed by atoms with Crippen molar-refractivity contribution in [2.24, 2.45) is 11.8 Å². The van der Waals surface area contributed by atoms with Gasteiger partial charge in [-0.2, -0.15) is 0 Å². The molecule has 1 aliphatic heterocycles. The zero-order chi connectivity index (χ0) is 12.0. The summed E-state index contributed by atoms with van der Waals surface area (Å²) < 4.78 is 0. The van der Waals surface area contributed by atoms with Crippen molar-refractivity contribution in [2.45, 2.75) is 26.2 Å². The topological polar surface area (TPSA) is 32.3 Å². The van der Waals surface area contributed by atoms with Crippen molar-refractivity contribution in [3.8, 4) is 12.3 Å². The monoisotopic (exact) mass is 222 g/mol. The van der Waals surface area contributed by atoms with Gasteiger partial charge in [0.2, 0.25) is 5.91 Å². The number of hydrogen-bond donors (Lipinski definition) is 1. The molecule has 0 aromatic heterocycles. The zero-order valence-corrected chi connectivity index (χ0v) is 10.3. The molecule has 1 saturated heterocycles. The van der Waals surface area contributed by atoms with Gasteiger partial charge in [0.1, 0.15) is 0 Å². The molecule has 0 spiro atoms. The summed E-state index contributed by atoms with van der Waals surface area (Å²) in [6.07, 6.45) is 8.26. The first-order chi connectivity index (χ1) is 7.65. The fourth-order valence-electron chi connectivity index (χ4n) is 2.19. The van der Waals surface area contributed by atoms with Gasteiger partial charge in [-0.3, -0.25) is 4.79 Å². The van der Waals surface area contributed by atoms with Crippen molar-refractivity contribution in [3.05, 3.63) is 0 Å². The highest BCUT2D eigenvalue weighted by molar-refractivity contribution is 5.76. The molecule has 0 aromatic rings. The Morgan fingerprint density at radius 2 is 2.44 bits per heavy atom. The second-order valence-corrected chi connectivity index (χ2v) is 4.74. The smallest absolute Gasteiger partial charge is 0.223 e. The van der Waals surface area contributed by atoms with Crippen LogP contribution in [0.5, 0.6) is 0 Å². The molecule has 1 fully saturated rings. The lowest BCUT2D eigenvalue weighted by molar-refractivity contribution is -0.130. The maximum absolute atomic E-state index is 11.8. The quantitative estimate of drug-likeness (QED) is 0.723. The number of carbonyl (C=O) groups excluding carboxylic acids is 1. The lowest BCUT2D eigenvalue weighted by atomic mass is 9.85. The lowest BCUT2D eigenvalue weighted by Crippen LogP contribution is -2.36. The van der Waals surface area contributed by atoms with E-state index in [2.05, 4.69) is 18.2 Å². The first kappa shape index (κ1) is 13.1. The zero-order valence-electron chi connectivity index (χ0n) is 10.3. The molecule has 0 aromatic carbocycles. The van der Waals surface area contributed by atoms with E-state index in [-0.39, 0.29) is 5.91 Å². The Bertz CT molecular complexity index is 264. The highest BCUT2D eigenvalue weighted by atomic mass is 16.2. The van der Waals surface area contributed by atoms with Gasteiger partial charge in [-0.1, -0.05) is 12.8 Å². The van der Waals surface area contributed by atoms with E-state index in [0.717, 1.165) is 13.1 Å². The van der Waals surface area contributed by atoms with E-state index in [1.165, 1.54) is 12.8 Å². The Morgan fingerprint density at radius 1 is 1.69 bits per heavy atom. The fourth-order valence-corrected chi connectivity index (χ4v) is 2.19. The lowest BCUT2D eigenvalue weighted by Gasteiger charge is -2.28. The molecule has 0 bridgehead atoms. The average molecular weight is 222 g/mol. The van der Waals surface area contributed by atoms with E-state index in [9.17, 15) is 4.79 Å². The number of nitrogens with one attached hydrogen (secondary N) is 1. The van der Waals surface area contributed by atoms with E-state index in [0.29, 0.717) is 24.8 Å². The largest absolute Gasteiger partial charge is 0.335 e. The number of nitrogens with zero attached hydrogens (tertiary/aromatic N) is 1. The molecule has 1 rings (SSSR count). The van der Waals surface area contributed by atoms with Crippen LogP contribution in [0.3, 0.4) is 0 Å². The SMILES string of the molecule is C#CCN(C)C(=O)CC(C)C1CCCNC1. The summed E-state index contributed by atoms with van der Waals surface area (Å²) >= 11 is 0. The number of carbonyl (C=O) groups is 1. The van der Waals surface area contributed by atoms with E-state index < -0.39 is 0 Å². The number of piperidine rings is 1. The Labute approximate surface area is 98.6 Å². The van der Waals surface area contributed by atoms with Crippen LogP contribution in [0, 0.1) is 24.2 Å². The Morgan fingerprint density at radius 3 is 3.00 bits per heavy atom. The minimum absolute atomic E-state index is 0.163. The van der Waals surface area contributed by atoms with E-state index >= 15 is 0 Å². The van der Waals surface area contributed by atoms with Gasteiger partial charge in [0.05, 0.1) is 6.54 Å². The summed E-state index contributed by atoms with van der Waals surface area (Å²) in [6, 6.07) is 0. The summed E-state index contributed by atoms with van der Waals surface area (Å²) in [6.45, 7) is 4.75. The number of hydrogen-bond acceptors (Lipinski definition) is 2. The van der Waals surface area contributed by atoms with Crippen molar-refractivity contribution in [1.29, 1.82) is 0 Å². The minimum Gasteiger partial charge on any atom is -0.335 e. The summed E-state index contributed by atoms with van der Waals surface area (Å²) in [5.74, 6) is 3.74. The van der Waals surface area contributed by atoms with Crippen molar-refractivity contribution < 1.29 is 4.79 Å². The van der Waals surface area contributed by atoms with Crippen LogP contribution >= 0.6 is 0 Å². The first-order valence-electron chi connectivity index (χ1n) is 6.03. The summed E-state index contributed by atoms with van der Waals surface area (Å²) in [5.41, 5.74) is 0. The van der Waals surface area contributed by atoms with Gasteiger partial charge < -0.3 is 10.2 Å². The van der Waals surface area contributed by atoms with Crippen LogP contribution in [0.1, 0.15) is 26.2 Å². The van der Waals surface area contributed by atoms with Crippen molar-refractivity contribution >= 4 is 5.91 Å². The van der Waals surface area contributed by atoms with Crippen LogP contribution in [-0.2, 0) is 4.79 Å². The molecule has 3 heteroatoms. The average Bonchev–Trinajstić information content (AvgIpc) is 2.30. The predicted octanol–water partition coefficient (Wildman–Crippen LogP) is 1.10. The Kier molecular flexibility index (Phi) is 5.34. The molecule has 90 valence electrons. The summed E-state index contributed by atoms with van der Waals surface area (Å²) in [5, 5.41) is 3.39. The van der Waals surface area contributed by atoms with Crippen LogP contribution in [0.25, 0.3) is 0 Å². The number of amides is 1. The molecule has 0 aliphatic carbocycles. The molecule has 0 radical (unpaired) electrons. The maximum atomic E-state index is 11.8. The molecule has 2 unspecified atom stereocenters. The molecule has 16 heavy (non-hydrogen) atoms. The first-order valence-corrected chi connectivity index (χ1v) is 6.03. The number of terminal acetylenes is 1. The third kappa shape index (κ3) is 3.86. The molecule has 1 amide bonds. The molecule has 1 N–H and O–H groups in total. The molecular formula is C13H22N2O. The van der Waals surface area contributed by atoms with Crippen LogP contribution in [0.15, 0.2) is 0 Å². The standard InChI is InChI=1S/C13H22N2O/c1-4-8-15(3)13(16)9-11(2)12-6-5-7-14-10-12/h1,11-12,14H,5-10H2,2-3H3. The predicted molar refractivity (Wildman–Crippen MR) is 65.8 cm³/mol. The third-order valence-electron chi connectivity index (χ3n) is 3.39. The molecule has 1 aliphatic rings. The van der Waals surface area contributed by atoms with E-state index in [1.54, 1.807) is 11.9 Å². The normalized spacial score (nSPS) is 22.2. The second kappa shape index (κ2) is 6.55. The van der Waals surface area contributed by atoms with Gasteiger partial charge in [-0.15, -0.1) is 6.42 Å². The van der Waals surface area contributed by atoms with Crippen LogP contribution in [0.4, 0.5) is 0 Å². The van der Waals surface area contributed by atoms with Crippen molar-refractivity contribution in [3.63, 3.8) is 0 Å². The number of rotatable bonds is 4. The van der Waals surface area contributed by atoms with Gasteiger partial charge in [0.15, 0.2) is 0 Å². The summed E-state index contributed by atoms with van der Waals surface area (Å²) in [4.78, 5) is 13.4. The second-order valence-electron chi connectivity index (χ2n) is 4.74. The van der Waals surface area contributed by atoms with Crippen molar-refractivity contribution in [1.82, 2.24) is 10.2 Å². The van der Waals surface area contributed by atoms with Crippen molar-refractivity contribution in [2.75, 3.05) is 26.7 Å². The highest BCUT2D eigenvalue weighted by Gasteiger charge is 2.22. The molecule has 0 saturated carbocycles. The van der Waals surface area contributed by atoms with Gasteiger partial charge in [-0.05, 0) is 37.8 Å². The Balaban J connectivity index is 2.35. The molecule has 1 heterocycles. The van der Waals surface area contributed by atoms with Crippen LogP contribution < -0.4 is 5.32 Å². The third-order valence-corrected chi connectivity index (χ3v) is 3.39. The maximum Gasteiger partial charge on any atom is 0.223 e. The molecular weight excluding hydrogens is 200 g/mol. The minimum atomic E-state index is 0.163. The van der Waals surface area contributed by atoms with E-state index in [1.807, 2.05) is 0 Å². The van der Waals surface area contributed by atoms with Gasteiger partial charge in [0.25, 0.3) is 0 Å². The summed E-state index contributed by atoms with van der Waals surface area (Å²) in [7, 11) is 1.77. The van der Waals surface area contributed by atoms with Crippen LogP contribution in [0.2, 0.25) is 0 Å².